The van der Waals surface area contributed by atoms with E-state index < -0.39 is 12.1 Å². The molecule has 1 heterocycles. The first kappa shape index (κ1) is 23.3. The molecular weight excluding hydrogens is 432 g/mol. The molecule has 0 fully saturated rings. The van der Waals surface area contributed by atoms with Crippen LogP contribution in [0.1, 0.15) is 31.7 Å². The number of nitriles is 1. The molecule has 7 nitrogen and oxygen atoms in total. The molecule has 0 aliphatic heterocycles. The van der Waals surface area contributed by atoms with Crippen LogP contribution < -0.4 is 4.74 Å². The standard InChI is InChI=1S/C19H22N2O5S3/c1-12(8-18(22)23)13(2)11-28-27-7-3-6-25-19(24)26-14-4-5-15-16(9-14)29-17(10-20)21-15/h4-5,9,12-13H,3,6-8,11H2,1-2H3,(H,22,23). The highest BCUT2D eigenvalue weighted by Crippen LogP contribution is 2.29. The molecule has 0 spiro atoms. The Morgan fingerprint density at radius 1 is 1.31 bits per heavy atom. The SMILES string of the molecule is CC(CSSCCCOC(=O)Oc1ccc2nc(C#N)sc2c1)C(C)CC(=O)O. The van der Waals surface area contributed by atoms with Crippen molar-refractivity contribution in [1.82, 2.24) is 4.98 Å². The van der Waals surface area contributed by atoms with Crippen LogP contribution in [0.25, 0.3) is 10.2 Å². The monoisotopic (exact) mass is 454 g/mol. The summed E-state index contributed by atoms with van der Waals surface area (Å²) in [5.74, 6) is 1.77. The number of fused-ring (bicyclic) bond motifs is 1. The minimum absolute atomic E-state index is 0.148. The number of carbonyl (C=O) groups excluding carboxylic acids is 1. The van der Waals surface area contributed by atoms with Crippen LogP contribution in [-0.2, 0) is 9.53 Å². The van der Waals surface area contributed by atoms with E-state index in [1.807, 2.05) is 13.0 Å². The maximum Gasteiger partial charge on any atom is 0.513 e. The summed E-state index contributed by atoms with van der Waals surface area (Å²) >= 11 is 1.24. The van der Waals surface area contributed by atoms with E-state index in [4.69, 9.17) is 19.8 Å². The lowest BCUT2D eigenvalue weighted by Crippen LogP contribution is -2.14. The van der Waals surface area contributed by atoms with E-state index in [1.165, 1.54) is 11.3 Å². The van der Waals surface area contributed by atoms with Crippen molar-refractivity contribution in [3.63, 3.8) is 0 Å². The molecule has 0 saturated heterocycles. The summed E-state index contributed by atoms with van der Waals surface area (Å²) in [6.45, 7) is 4.28. The van der Waals surface area contributed by atoms with Gasteiger partial charge in [0.1, 0.15) is 11.8 Å². The minimum atomic E-state index is -0.761. The first-order valence-corrected chi connectivity index (χ1v) is 12.3. The molecule has 29 heavy (non-hydrogen) atoms. The van der Waals surface area contributed by atoms with Crippen LogP contribution >= 0.6 is 32.9 Å². The number of nitrogens with zero attached hydrogens (tertiary/aromatic N) is 2. The predicted molar refractivity (Wildman–Crippen MR) is 116 cm³/mol. The van der Waals surface area contributed by atoms with Crippen molar-refractivity contribution in [2.24, 2.45) is 11.8 Å². The van der Waals surface area contributed by atoms with Crippen LogP contribution in [0.4, 0.5) is 4.79 Å². The summed E-state index contributed by atoms with van der Waals surface area (Å²) in [4.78, 5) is 26.6. The Morgan fingerprint density at radius 2 is 2.10 bits per heavy atom. The van der Waals surface area contributed by atoms with Crippen LogP contribution in [0.5, 0.6) is 5.75 Å². The Labute approximate surface area is 181 Å². The van der Waals surface area contributed by atoms with Crippen LogP contribution in [0.15, 0.2) is 18.2 Å². The quantitative estimate of drug-likeness (QED) is 0.212. The largest absolute Gasteiger partial charge is 0.513 e. The average Bonchev–Trinajstić information content (AvgIpc) is 3.09. The fourth-order valence-electron chi connectivity index (χ4n) is 2.27. The highest BCUT2D eigenvalue weighted by atomic mass is 33.1. The Hall–Kier alpha value is -1.96. The highest BCUT2D eigenvalue weighted by Gasteiger charge is 2.15. The molecule has 1 aromatic carbocycles. The third kappa shape index (κ3) is 8.12. The zero-order chi connectivity index (χ0) is 21.2. The summed E-state index contributed by atoms with van der Waals surface area (Å²) < 4.78 is 11.0. The van der Waals surface area contributed by atoms with Gasteiger partial charge in [-0.3, -0.25) is 4.79 Å². The fourth-order valence-corrected chi connectivity index (χ4v) is 5.69. The first-order valence-electron chi connectivity index (χ1n) is 9.00. The molecule has 0 amide bonds. The third-order valence-electron chi connectivity index (χ3n) is 4.13. The van der Waals surface area contributed by atoms with E-state index >= 15 is 0 Å². The number of carbonyl (C=O) groups is 2. The summed E-state index contributed by atoms with van der Waals surface area (Å²) in [6, 6.07) is 6.96. The number of aromatic nitrogens is 1. The normalized spacial score (nSPS) is 12.9. The van der Waals surface area contributed by atoms with Crippen LogP contribution in [0.2, 0.25) is 0 Å². The number of carboxylic acid groups (broad SMARTS) is 1. The van der Waals surface area contributed by atoms with Gasteiger partial charge in [0.05, 0.1) is 16.8 Å². The van der Waals surface area contributed by atoms with Gasteiger partial charge >= 0.3 is 12.1 Å². The predicted octanol–water partition coefficient (Wildman–Crippen LogP) is 5.20. The van der Waals surface area contributed by atoms with E-state index in [-0.39, 0.29) is 18.9 Å². The van der Waals surface area contributed by atoms with Crippen molar-refractivity contribution < 1.29 is 24.2 Å². The van der Waals surface area contributed by atoms with Gasteiger partial charge in [0.2, 0.25) is 0 Å². The van der Waals surface area contributed by atoms with Crippen molar-refractivity contribution >= 4 is 55.3 Å². The lowest BCUT2D eigenvalue weighted by molar-refractivity contribution is -0.138. The lowest BCUT2D eigenvalue weighted by atomic mass is 9.95. The van der Waals surface area contributed by atoms with Gasteiger partial charge < -0.3 is 14.6 Å². The van der Waals surface area contributed by atoms with E-state index in [0.29, 0.717) is 28.6 Å². The molecule has 2 aromatic rings. The van der Waals surface area contributed by atoms with Crippen LogP contribution in [-0.4, -0.2) is 40.3 Å². The molecular formula is C19H22N2O5S3. The van der Waals surface area contributed by atoms with E-state index in [1.54, 1.807) is 39.8 Å². The molecule has 2 unspecified atom stereocenters. The summed E-state index contributed by atoms with van der Waals surface area (Å²) in [5, 5.41) is 18.1. The highest BCUT2D eigenvalue weighted by molar-refractivity contribution is 8.76. The molecule has 1 aromatic heterocycles. The van der Waals surface area contributed by atoms with E-state index in [0.717, 1.165) is 16.2 Å². The van der Waals surface area contributed by atoms with Crippen molar-refractivity contribution in [2.45, 2.75) is 26.7 Å². The van der Waals surface area contributed by atoms with Gasteiger partial charge in [0, 0.05) is 24.0 Å². The lowest BCUT2D eigenvalue weighted by Gasteiger charge is -2.17. The number of aliphatic carboxylic acids is 1. The second kappa shape index (κ2) is 11.9. The molecule has 156 valence electrons. The maximum atomic E-state index is 11.8. The van der Waals surface area contributed by atoms with Gasteiger partial charge in [-0.15, -0.1) is 11.3 Å². The zero-order valence-electron chi connectivity index (χ0n) is 16.1. The van der Waals surface area contributed by atoms with Crippen molar-refractivity contribution in [2.75, 3.05) is 18.1 Å². The Bertz CT molecular complexity index is 880. The fraction of sp³-hybridized carbons (Fsp3) is 0.474. The van der Waals surface area contributed by atoms with Gasteiger partial charge in [-0.2, -0.15) is 5.26 Å². The molecule has 0 aliphatic rings. The molecule has 0 saturated carbocycles. The van der Waals surface area contributed by atoms with Gasteiger partial charge in [-0.25, -0.2) is 9.78 Å². The molecule has 10 heteroatoms. The molecule has 0 radical (unpaired) electrons. The van der Waals surface area contributed by atoms with Gasteiger partial charge in [-0.1, -0.05) is 35.4 Å². The average molecular weight is 455 g/mol. The molecule has 1 N–H and O–H groups in total. The van der Waals surface area contributed by atoms with Gasteiger partial charge in [-0.05, 0) is 30.4 Å². The second-order valence-electron chi connectivity index (χ2n) is 6.47. The number of hydrogen-bond donors (Lipinski definition) is 1. The summed E-state index contributed by atoms with van der Waals surface area (Å²) in [5.41, 5.74) is 0.688. The molecule has 2 atom stereocenters. The van der Waals surface area contributed by atoms with Gasteiger partial charge in [0.25, 0.3) is 0 Å². The Morgan fingerprint density at radius 3 is 2.83 bits per heavy atom. The zero-order valence-corrected chi connectivity index (χ0v) is 18.6. The van der Waals surface area contributed by atoms with Crippen LogP contribution in [0, 0.1) is 23.2 Å². The summed E-state index contributed by atoms with van der Waals surface area (Å²) in [6.07, 6.45) is 0.131. The molecule has 0 aliphatic carbocycles. The topological polar surface area (TPSA) is 110 Å². The van der Waals surface area contributed by atoms with Crippen molar-refractivity contribution in [3.05, 3.63) is 23.2 Å². The van der Waals surface area contributed by atoms with Crippen molar-refractivity contribution in [3.8, 4) is 11.8 Å². The number of hydrogen-bond acceptors (Lipinski definition) is 9. The minimum Gasteiger partial charge on any atom is -0.481 e. The molecule has 0 bridgehead atoms. The molecule has 2 rings (SSSR count). The maximum absolute atomic E-state index is 11.8. The van der Waals surface area contributed by atoms with Crippen LogP contribution in [0.3, 0.4) is 0 Å². The number of benzene rings is 1. The number of carboxylic acids is 1. The summed E-state index contributed by atoms with van der Waals surface area (Å²) in [7, 11) is 3.39. The smallest absolute Gasteiger partial charge is 0.481 e. The first-order chi connectivity index (χ1) is 13.9. The Kier molecular flexibility index (Phi) is 9.57. The van der Waals surface area contributed by atoms with E-state index in [9.17, 15) is 9.59 Å². The van der Waals surface area contributed by atoms with Crippen molar-refractivity contribution in [1.29, 1.82) is 5.26 Å². The number of rotatable bonds is 11. The Balaban J connectivity index is 1.59. The van der Waals surface area contributed by atoms with Gasteiger partial charge in [0.15, 0.2) is 5.01 Å². The van der Waals surface area contributed by atoms with E-state index in [2.05, 4.69) is 11.9 Å². The number of thiazole rings is 1. The third-order valence-corrected chi connectivity index (χ3v) is 7.75. The second-order valence-corrected chi connectivity index (χ2v) is 10.1. The number of ether oxygens (including phenoxy) is 2.